The van der Waals surface area contributed by atoms with Gasteiger partial charge in [-0.2, -0.15) is 8.78 Å². The number of rotatable bonds is 7. The topological polar surface area (TPSA) is 109 Å². The van der Waals surface area contributed by atoms with Crippen LogP contribution in [0.2, 0.25) is 0 Å². The number of H-pyrrole nitrogens is 1. The minimum absolute atomic E-state index is 0.133. The second kappa shape index (κ2) is 9.63. The highest BCUT2D eigenvalue weighted by molar-refractivity contribution is 7.16. The summed E-state index contributed by atoms with van der Waals surface area (Å²) in [6, 6.07) is 3.39. The van der Waals surface area contributed by atoms with Crippen LogP contribution in [0.5, 0.6) is 11.6 Å². The molecule has 8 nitrogen and oxygen atoms in total. The van der Waals surface area contributed by atoms with Crippen LogP contribution in [0, 0.1) is 20.8 Å². The Morgan fingerprint density at radius 2 is 1.95 bits per heavy atom. The lowest BCUT2D eigenvalue weighted by molar-refractivity contribution is -0.166. The number of hydrogen-bond donors (Lipinski definition) is 3. The molecule has 4 aromatic rings. The van der Waals surface area contributed by atoms with E-state index in [0.717, 1.165) is 30.7 Å². The molecule has 4 aromatic heterocycles. The Labute approximate surface area is 222 Å². The van der Waals surface area contributed by atoms with Gasteiger partial charge in [0.2, 0.25) is 5.88 Å². The average Bonchev–Trinajstić information content (AvgIpc) is 3.40. The van der Waals surface area contributed by atoms with Crippen molar-refractivity contribution in [1.29, 1.82) is 0 Å². The fraction of sp³-hybridized carbons (Fsp3) is 0.370. The Hall–Kier alpha value is -3.57. The summed E-state index contributed by atoms with van der Waals surface area (Å²) < 4.78 is 38.6. The van der Waals surface area contributed by atoms with Gasteiger partial charge in [-0.05, 0) is 59.2 Å². The number of carbonyl (C=O) groups excluding carboxylic acids is 1. The van der Waals surface area contributed by atoms with Crippen LogP contribution >= 0.6 is 11.3 Å². The van der Waals surface area contributed by atoms with Gasteiger partial charge in [0.1, 0.15) is 16.8 Å². The summed E-state index contributed by atoms with van der Waals surface area (Å²) >= 11 is 0.766. The molecule has 0 atom stereocenters. The number of aromatic nitrogens is 3. The normalized spacial score (nSPS) is 12.3. The Bertz CT molecular complexity index is 1610. The van der Waals surface area contributed by atoms with E-state index >= 15 is 8.78 Å². The van der Waals surface area contributed by atoms with Crippen LogP contribution in [0.25, 0.3) is 21.3 Å². The van der Waals surface area contributed by atoms with Crippen molar-refractivity contribution in [1.82, 2.24) is 19.9 Å². The fourth-order valence-corrected chi connectivity index (χ4v) is 5.56. The molecule has 0 spiro atoms. The summed E-state index contributed by atoms with van der Waals surface area (Å²) in [6.07, 6.45) is 3.14. The Morgan fingerprint density at radius 3 is 2.55 bits per heavy atom. The maximum atomic E-state index is 15.5. The highest BCUT2D eigenvalue weighted by Crippen LogP contribution is 2.53. The lowest BCUT2D eigenvalue weighted by atomic mass is 9.97. The molecule has 0 aliphatic carbocycles. The van der Waals surface area contributed by atoms with Gasteiger partial charge < -0.3 is 24.7 Å². The predicted molar refractivity (Wildman–Crippen MR) is 144 cm³/mol. The molecule has 0 aliphatic heterocycles. The Balaban J connectivity index is 2.04. The number of aliphatic hydroxyl groups is 1. The summed E-state index contributed by atoms with van der Waals surface area (Å²) in [5.41, 5.74) is -0.232. The van der Waals surface area contributed by atoms with Gasteiger partial charge in [-0.3, -0.25) is 9.59 Å². The number of hydrogen-bond acceptors (Lipinski definition) is 6. The lowest BCUT2D eigenvalue weighted by Crippen LogP contribution is -2.40. The van der Waals surface area contributed by atoms with Gasteiger partial charge in [0, 0.05) is 48.1 Å². The third-order valence-electron chi connectivity index (χ3n) is 6.30. The first-order valence-electron chi connectivity index (χ1n) is 12.0. The van der Waals surface area contributed by atoms with Crippen molar-refractivity contribution in [2.45, 2.75) is 53.1 Å². The van der Waals surface area contributed by atoms with Crippen molar-refractivity contribution in [2.75, 3.05) is 6.54 Å². The third-order valence-corrected chi connectivity index (χ3v) is 7.68. The van der Waals surface area contributed by atoms with E-state index in [4.69, 9.17) is 4.74 Å². The van der Waals surface area contributed by atoms with E-state index in [0.29, 0.717) is 27.9 Å². The maximum Gasteiger partial charge on any atom is 0.310 e. The minimum atomic E-state index is -3.61. The zero-order valence-electron chi connectivity index (χ0n) is 22.2. The number of nitrogens with one attached hydrogen (secondary N) is 2. The smallest absolute Gasteiger partial charge is 0.310 e. The number of halogens is 2. The summed E-state index contributed by atoms with van der Waals surface area (Å²) in [5, 5.41) is 13.4. The van der Waals surface area contributed by atoms with Gasteiger partial charge in [-0.25, -0.2) is 4.98 Å². The highest BCUT2D eigenvalue weighted by atomic mass is 32.1. The number of aromatic amines is 1. The number of fused-ring (bicyclic) bond motifs is 1. The molecule has 0 aliphatic rings. The quantitative estimate of drug-likeness (QED) is 0.292. The van der Waals surface area contributed by atoms with E-state index in [1.165, 1.54) is 30.8 Å². The number of ether oxygens (including phenoxy) is 1. The predicted octanol–water partition coefficient (Wildman–Crippen LogP) is 5.32. The lowest BCUT2D eigenvalue weighted by Gasteiger charge is -2.28. The second-order valence-corrected chi connectivity index (χ2v) is 10.9. The molecule has 0 radical (unpaired) electrons. The monoisotopic (exact) mass is 544 g/mol. The van der Waals surface area contributed by atoms with Crippen molar-refractivity contribution in [3.63, 3.8) is 0 Å². The van der Waals surface area contributed by atoms with Crippen LogP contribution in [0.4, 0.5) is 8.78 Å². The van der Waals surface area contributed by atoms with E-state index in [-0.39, 0.29) is 38.8 Å². The molecule has 1 amide bonds. The van der Waals surface area contributed by atoms with Gasteiger partial charge in [-0.15, -0.1) is 11.3 Å². The fourth-order valence-electron chi connectivity index (χ4n) is 4.18. The molecule has 0 saturated carbocycles. The van der Waals surface area contributed by atoms with E-state index in [2.05, 4.69) is 15.3 Å². The van der Waals surface area contributed by atoms with Gasteiger partial charge in [0.15, 0.2) is 5.75 Å². The van der Waals surface area contributed by atoms with E-state index in [1.54, 1.807) is 20.0 Å². The van der Waals surface area contributed by atoms with E-state index < -0.39 is 17.4 Å². The van der Waals surface area contributed by atoms with Gasteiger partial charge >= 0.3 is 5.92 Å². The van der Waals surface area contributed by atoms with Crippen LogP contribution < -0.4 is 15.6 Å². The van der Waals surface area contributed by atoms with Crippen molar-refractivity contribution >= 4 is 28.1 Å². The number of aryl methyl sites for hydroxylation is 3. The SMILES string of the molecule is CCNC(=O)c1cc2c(-c3sc(C(F)(F)C(C)(C)O)c(C)c3Oc3ncc(C)cc3C)cn(C)c(=O)c2[nH]1. The molecule has 38 heavy (non-hydrogen) atoms. The van der Waals surface area contributed by atoms with E-state index in [1.807, 2.05) is 13.0 Å². The van der Waals surface area contributed by atoms with Crippen LogP contribution in [-0.2, 0) is 13.0 Å². The molecular weight excluding hydrogens is 514 g/mol. The number of pyridine rings is 2. The van der Waals surface area contributed by atoms with Crippen molar-refractivity contribution in [2.24, 2.45) is 7.05 Å². The number of thiophene rings is 1. The van der Waals surface area contributed by atoms with Gasteiger partial charge in [-0.1, -0.05) is 0 Å². The molecule has 11 heteroatoms. The van der Waals surface area contributed by atoms with Crippen molar-refractivity contribution in [3.8, 4) is 22.1 Å². The van der Waals surface area contributed by atoms with Crippen molar-refractivity contribution < 1.29 is 23.4 Å². The average molecular weight is 545 g/mol. The minimum Gasteiger partial charge on any atom is -0.437 e. The number of nitrogens with zero attached hydrogens (tertiary/aromatic N) is 2. The Morgan fingerprint density at radius 1 is 1.26 bits per heavy atom. The second-order valence-electron chi connectivity index (χ2n) is 9.87. The first kappa shape index (κ1) is 27.5. The molecular formula is C27H30F2N4O4S. The van der Waals surface area contributed by atoms with Crippen LogP contribution in [0.3, 0.4) is 0 Å². The molecule has 3 N–H and O–H groups in total. The van der Waals surface area contributed by atoms with Crippen LogP contribution in [-0.4, -0.2) is 37.7 Å². The first-order valence-corrected chi connectivity index (χ1v) is 12.8. The third kappa shape index (κ3) is 4.60. The highest BCUT2D eigenvalue weighted by Gasteiger charge is 2.50. The van der Waals surface area contributed by atoms with Crippen LogP contribution in [0.1, 0.15) is 52.8 Å². The molecule has 202 valence electrons. The molecule has 0 unspecified atom stereocenters. The summed E-state index contributed by atoms with van der Waals surface area (Å²) in [6.45, 7) is 9.45. The maximum absolute atomic E-state index is 15.5. The zero-order chi connectivity index (χ0) is 28.2. The molecule has 0 fully saturated rings. The zero-order valence-corrected chi connectivity index (χ0v) is 23.1. The summed E-state index contributed by atoms with van der Waals surface area (Å²) in [7, 11) is 1.54. The number of alkyl halides is 2. The number of carbonyl (C=O) groups is 1. The van der Waals surface area contributed by atoms with E-state index in [9.17, 15) is 14.7 Å². The standard InChI is InChI=1S/C27H30F2N4O4S/c1-8-30-23(34)18-10-16-17(12-33(7)25(35)19(16)32-18)21-20(37-24-14(3)9-13(2)11-31-24)15(4)22(38-21)27(28,29)26(5,6)36/h9-12,32,36H,8H2,1-7H3,(H,30,34). The molecule has 0 aromatic carbocycles. The Kier molecular flexibility index (Phi) is 6.96. The van der Waals surface area contributed by atoms with Crippen molar-refractivity contribution in [3.05, 3.63) is 62.1 Å². The van der Waals surface area contributed by atoms with Gasteiger partial charge in [0.25, 0.3) is 11.5 Å². The summed E-state index contributed by atoms with van der Waals surface area (Å²) in [5.74, 6) is -3.63. The molecule has 0 saturated heterocycles. The molecule has 4 heterocycles. The number of amides is 1. The molecule has 0 bridgehead atoms. The van der Waals surface area contributed by atoms with Crippen LogP contribution in [0.15, 0.2) is 29.3 Å². The largest absolute Gasteiger partial charge is 0.437 e. The summed E-state index contributed by atoms with van der Waals surface area (Å²) in [4.78, 5) is 32.6. The first-order chi connectivity index (χ1) is 17.7. The van der Waals surface area contributed by atoms with Gasteiger partial charge in [0.05, 0.1) is 9.75 Å². The molecule has 4 rings (SSSR count).